The number of hydrazone groups is 1. The highest BCUT2D eigenvalue weighted by Crippen LogP contribution is 2.42. The quantitative estimate of drug-likeness (QED) is 0.105. The standard InChI is InChI=1S/C31H27N7O7S2/c1-43-24-7-3-6-21(29(24)44-2)23-16-22(26-9-5-15-46-26)35-37(23)28(39)18-47-31-34-33-27(17-32-30(40)25-8-4-14-45-25)36(31)19-10-12-20(13-11-19)38(41)42/h3-15,23H,16-18H2,1-2H3,(H,32,40)/t23-/m0/s1. The Morgan fingerprint density at radius 3 is 2.60 bits per heavy atom. The van der Waals surface area contributed by atoms with Crippen LogP contribution in [0.2, 0.25) is 0 Å². The van der Waals surface area contributed by atoms with Crippen LogP contribution in [0.25, 0.3) is 5.69 Å². The van der Waals surface area contributed by atoms with E-state index in [4.69, 9.17) is 19.0 Å². The Morgan fingerprint density at radius 1 is 1.09 bits per heavy atom. The second-order valence-electron chi connectivity index (χ2n) is 10.0. The third kappa shape index (κ3) is 6.59. The number of nitrogens with one attached hydrogen (secondary N) is 1. The molecule has 2 amide bonds. The molecule has 1 aliphatic rings. The van der Waals surface area contributed by atoms with Gasteiger partial charge < -0.3 is 19.2 Å². The largest absolute Gasteiger partial charge is 0.493 e. The number of nitro groups is 1. The molecule has 47 heavy (non-hydrogen) atoms. The van der Waals surface area contributed by atoms with Crippen molar-refractivity contribution in [3.63, 3.8) is 0 Å². The monoisotopic (exact) mass is 673 g/mol. The van der Waals surface area contributed by atoms with Crippen LogP contribution in [-0.4, -0.2) is 62.2 Å². The molecule has 240 valence electrons. The van der Waals surface area contributed by atoms with Crippen LogP contribution >= 0.6 is 23.1 Å². The summed E-state index contributed by atoms with van der Waals surface area (Å²) in [5, 5.41) is 31.1. The van der Waals surface area contributed by atoms with Gasteiger partial charge in [0, 0.05) is 29.8 Å². The fourth-order valence-corrected chi connectivity index (χ4v) is 6.63. The van der Waals surface area contributed by atoms with E-state index < -0.39 is 16.9 Å². The van der Waals surface area contributed by atoms with Gasteiger partial charge in [-0.15, -0.1) is 21.5 Å². The van der Waals surface area contributed by atoms with Crippen molar-refractivity contribution in [2.75, 3.05) is 20.0 Å². The van der Waals surface area contributed by atoms with Crippen LogP contribution in [0.5, 0.6) is 11.5 Å². The number of hydrogen-bond donors (Lipinski definition) is 1. The lowest BCUT2D eigenvalue weighted by atomic mass is 9.99. The molecule has 4 heterocycles. The summed E-state index contributed by atoms with van der Waals surface area (Å²) in [6, 6.07) is 17.9. The van der Waals surface area contributed by atoms with E-state index in [1.54, 1.807) is 54.4 Å². The summed E-state index contributed by atoms with van der Waals surface area (Å²) in [4.78, 5) is 38.2. The molecule has 2 aromatic carbocycles. The number of carbonyl (C=O) groups excluding carboxylic acids is 2. The number of carbonyl (C=O) groups is 2. The molecule has 6 rings (SSSR count). The van der Waals surface area contributed by atoms with Gasteiger partial charge >= 0.3 is 0 Å². The van der Waals surface area contributed by atoms with Crippen molar-refractivity contribution >= 4 is 46.3 Å². The van der Waals surface area contributed by atoms with Gasteiger partial charge in [0.1, 0.15) is 0 Å². The molecule has 5 aromatic rings. The maximum atomic E-state index is 13.9. The van der Waals surface area contributed by atoms with Gasteiger partial charge in [-0.1, -0.05) is 30.0 Å². The number of ether oxygens (including phenoxy) is 2. The van der Waals surface area contributed by atoms with E-state index in [-0.39, 0.29) is 29.7 Å². The topological polar surface area (TPSA) is 167 Å². The molecule has 1 N–H and O–H groups in total. The number of methoxy groups -OCH3 is 2. The van der Waals surface area contributed by atoms with Gasteiger partial charge in [-0.3, -0.25) is 24.3 Å². The zero-order chi connectivity index (χ0) is 32.9. The highest BCUT2D eigenvalue weighted by molar-refractivity contribution is 7.99. The summed E-state index contributed by atoms with van der Waals surface area (Å²) >= 11 is 2.66. The summed E-state index contributed by atoms with van der Waals surface area (Å²) in [7, 11) is 3.11. The van der Waals surface area contributed by atoms with Gasteiger partial charge in [0.25, 0.3) is 17.5 Å². The van der Waals surface area contributed by atoms with Crippen molar-refractivity contribution in [2.24, 2.45) is 5.10 Å². The predicted octanol–water partition coefficient (Wildman–Crippen LogP) is 5.25. The minimum Gasteiger partial charge on any atom is -0.493 e. The fourth-order valence-electron chi connectivity index (χ4n) is 5.09. The molecular weight excluding hydrogens is 647 g/mol. The summed E-state index contributed by atoms with van der Waals surface area (Å²) in [6.07, 6.45) is 1.86. The van der Waals surface area contributed by atoms with Gasteiger partial charge in [-0.25, -0.2) is 5.01 Å². The summed E-state index contributed by atoms with van der Waals surface area (Å²) in [6.45, 7) is -0.0314. The Balaban J connectivity index is 1.28. The molecule has 0 spiro atoms. The van der Waals surface area contributed by atoms with E-state index in [0.717, 1.165) is 27.9 Å². The first-order valence-corrected chi connectivity index (χ1v) is 16.0. The van der Waals surface area contributed by atoms with Crippen LogP contribution in [0.1, 0.15) is 39.3 Å². The maximum Gasteiger partial charge on any atom is 0.287 e. The molecular formula is C31H27N7O7S2. The van der Waals surface area contributed by atoms with Gasteiger partial charge in [0.2, 0.25) is 0 Å². The predicted molar refractivity (Wildman–Crippen MR) is 173 cm³/mol. The second kappa shape index (κ2) is 13.9. The maximum absolute atomic E-state index is 13.9. The number of thiophene rings is 1. The van der Waals surface area contributed by atoms with E-state index >= 15 is 0 Å². The molecule has 0 fully saturated rings. The zero-order valence-electron chi connectivity index (χ0n) is 25.1. The Hall–Kier alpha value is -5.48. The van der Waals surface area contributed by atoms with Crippen molar-refractivity contribution in [1.29, 1.82) is 0 Å². The van der Waals surface area contributed by atoms with Crippen molar-refractivity contribution in [1.82, 2.24) is 25.1 Å². The molecule has 14 nitrogen and oxygen atoms in total. The molecule has 0 saturated heterocycles. The SMILES string of the molecule is COc1cccc([C@@H]2CC(c3cccs3)=NN2C(=O)CSc2nnc(CNC(=O)c3ccco3)n2-c2ccc([N+](=O)[O-])cc2)c1OC. The Morgan fingerprint density at radius 2 is 1.91 bits per heavy atom. The van der Waals surface area contributed by atoms with E-state index in [1.165, 1.54) is 29.5 Å². The third-order valence-corrected chi connectivity index (χ3v) is 9.09. The lowest BCUT2D eigenvalue weighted by Gasteiger charge is -2.24. The normalized spacial score (nSPS) is 14.1. The summed E-state index contributed by atoms with van der Waals surface area (Å²) < 4.78 is 18.0. The Labute approximate surface area is 276 Å². The number of non-ortho nitro benzene ring substituents is 1. The highest BCUT2D eigenvalue weighted by atomic mass is 32.2. The molecule has 3 aromatic heterocycles. The average molecular weight is 674 g/mol. The number of nitro benzene ring substituents is 1. The van der Waals surface area contributed by atoms with Crippen LogP contribution in [0, 0.1) is 10.1 Å². The van der Waals surface area contributed by atoms with E-state index in [1.807, 2.05) is 29.6 Å². The van der Waals surface area contributed by atoms with Gasteiger partial charge in [-0.05, 0) is 41.8 Å². The molecule has 0 bridgehead atoms. The minimum absolute atomic E-state index is 0.0314. The number of nitrogens with zero attached hydrogens (tertiary/aromatic N) is 6. The average Bonchev–Trinajstić information content (AvgIpc) is 3.92. The smallest absolute Gasteiger partial charge is 0.287 e. The molecule has 0 saturated carbocycles. The van der Waals surface area contributed by atoms with E-state index in [2.05, 4.69) is 15.5 Å². The third-order valence-electron chi connectivity index (χ3n) is 7.26. The van der Waals surface area contributed by atoms with Crippen LogP contribution in [0.4, 0.5) is 5.69 Å². The Bertz CT molecular complexity index is 1920. The molecule has 0 radical (unpaired) electrons. The summed E-state index contributed by atoms with van der Waals surface area (Å²) in [5.74, 6) is 0.723. The van der Waals surface area contributed by atoms with Crippen LogP contribution in [0.15, 0.2) is 93.0 Å². The first-order valence-electron chi connectivity index (χ1n) is 14.2. The molecule has 1 atom stereocenters. The second-order valence-corrected chi connectivity index (χ2v) is 11.9. The van der Waals surface area contributed by atoms with Gasteiger partial charge in [0.05, 0.1) is 54.3 Å². The number of aromatic nitrogens is 3. The van der Waals surface area contributed by atoms with Gasteiger partial charge in [0.15, 0.2) is 28.2 Å². The van der Waals surface area contributed by atoms with Crippen molar-refractivity contribution < 1.29 is 28.4 Å². The lowest BCUT2D eigenvalue weighted by Crippen LogP contribution is -2.29. The summed E-state index contributed by atoms with van der Waals surface area (Å²) in [5.41, 5.74) is 1.95. The molecule has 0 aliphatic carbocycles. The van der Waals surface area contributed by atoms with Crippen LogP contribution in [0.3, 0.4) is 0 Å². The number of benzene rings is 2. The first-order chi connectivity index (χ1) is 22.9. The van der Waals surface area contributed by atoms with E-state index in [9.17, 15) is 19.7 Å². The van der Waals surface area contributed by atoms with Crippen molar-refractivity contribution in [3.8, 4) is 17.2 Å². The molecule has 0 unspecified atom stereocenters. The molecule has 16 heteroatoms. The molecule has 1 aliphatic heterocycles. The fraction of sp³-hybridized carbons (Fsp3) is 0.194. The van der Waals surface area contributed by atoms with E-state index in [0.29, 0.717) is 34.6 Å². The lowest BCUT2D eigenvalue weighted by molar-refractivity contribution is -0.384. The van der Waals surface area contributed by atoms with Crippen LogP contribution < -0.4 is 14.8 Å². The number of hydrogen-bond acceptors (Lipinski definition) is 12. The number of furan rings is 1. The first kappa shape index (κ1) is 31.5. The van der Waals surface area contributed by atoms with Crippen molar-refractivity contribution in [2.45, 2.75) is 24.2 Å². The zero-order valence-corrected chi connectivity index (χ0v) is 26.7. The number of amides is 2. The minimum atomic E-state index is -0.497. The highest BCUT2D eigenvalue weighted by Gasteiger charge is 2.36. The number of thioether (sulfide) groups is 1. The Kier molecular flexibility index (Phi) is 9.30. The van der Waals surface area contributed by atoms with Gasteiger partial charge in [-0.2, -0.15) is 5.10 Å². The number of para-hydroxylation sites is 1. The number of rotatable bonds is 12. The van der Waals surface area contributed by atoms with Crippen molar-refractivity contribution in [3.05, 3.63) is 111 Å². The van der Waals surface area contributed by atoms with Crippen LogP contribution in [-0.2, 0) is 11.3 Å².